The maximum Gasteiger partial charge on any atom is 0.264 e. The lowest BCUT2D eigenvalue weighted by molar-refractivity contribution is -0.115. The van der Waals surface area contributed by atoms with Crippen LogP contribution in [0.3, 0.4) is 0 Å². The lowest BCUT2D eigenvalue weighted by Crippen LogP contribution is -2.19. The van der Waals surface area contributed by atoms with Crippen molar-refractivity contribution in [3.63, 3.8) is 0 Å². The van der Waals surface area contributed by atoms with Crippen molar-refractivity contribution in [2.45, 2.75) is 13.8 Å². The number of nitrogens with one attached hydrogen (secondary N) is 1. The fraction of sp³-hybridized carbons (Fsp3) is 0.200. The molecule has 1 saturated heterocycles. The first kappa shape index (κ1) is 19.0. The van der Waals surface area contributed by atoms with Crippen molar-refractivity contribution in [2.75, 3.05) is 13.2 Å². The van der Waals surface area contributed by atoms with Crippen molar-refractivity contribution < 1.29 is 18.7 Å². The standard InChI is InChI=1S/C20H19FN2O3S/c1-3-25-16-10-5-13(11-17(16)26-4-2)12-18-19(24)23-20(27-18)22-15-8-6-14(21)7-9-15/h5-12H,3-4H2,1-2H3,(H,22,23,24)/b18-12+. The average molecular weight is 386 g/mol. The summed E-state index contributed by atoms with van der Waals surface area (Å²) in [6.07, 6.45) is 1.77. The lowest BCUT2D eigenvalue weighted by atomic mass is 10.2. The first-order valence-corrected chi connectivity index (χ1v) is 9.35. The molecule has 0 spiro atoms. The van der Waals surface area contributed by atoms with Crippen LogP contribution in [0.1, 0.15) is 19.4 Å². The fourth-order valence-electron chi connectivity index (χ4n) is 2.42. The Morgan fingerprint density at radius 2 is 1.78 bits per heavy atom. The van der Waals surface area contributed by atoms with E-state index in [1.54, 1.807) is 18.2 Å². The minimum atomic E-state index is -0.330. The molecule has 27 heavy (non-hydrogen) atoms. The average Bonchev–Trinajstić information content (AvgIpc) is 2.98. The predicted octanol–water partition coefficient (Wildman–Crippen LogP) is 4.51. The van der Waals surface area contributed by atoms with Gasteiger partial charge >= 0.3 is 0 Å². The molecule has 0 aromatic heterocycles. The molecule has 5 nitrogen and oxygen atoms in total. The summed E-state index contributed by atoms with van der Waals surface area (Å²) < 4.78 is 24.1. The van der Waals surface area contributed by atoms with Gasteiger partial charge in [0.1, 0.15) is 5.82 Å². The Hall–Kier alpha value is -2.80. The topological polar surface area (TPSA) is 59.9 Å². The van der Waals surface area contributed by atoms with E-state index in [-0.39, 0.29) is 11.7 Å². The number of amides is 1. The quantitative estimate of drug-likeness (QED) is 0.742. The van der Waals surface area contributed by atoms with Crippen molar-refractivity contribution >= 4 is 34.6 Å². The molecule has 1 aliphatic rings. The van der Waals surface area contributed by atoms with Crippen LogP contribution in [0.2, 0.25) is 0 Å². The summed E-state index contributed by atoms with van der Waals surface area (Å²) in [6.45, 7) is 4.87. The lowest BCUT2D eigenvalue weighted by Gasteiger charge is -2.11. The van der Waals surface area contributed by atoms with Crippen molar-refractivity contribution in [2.24, 2.45) is 4.99 Å². The zero-order chi connectivity index (χ0) is 19.2. The monoisotopic (exact) mass is 386 g/mol. The highest BCUT2D eigenvalue weighted by molar-refractivity contribution is 8.18. The van der Waals surface area contributed by atoms with Crippen LogP contribution >= 0.6 is 11.8 Å². The van der Waals surface area contributed by atoms with E-state index in [0.29, 0.717) is 40.5 Å². The third-order valence-corrected chi connectivity index (χ3v) is 4.48. The number of benzene rings is 2. The summed E-state index contributed by atoms with van der Waals surface area (Å²) in [4.78, 5) is 17.1. The highest BCUT2D eigenvalue weighted by Crippen LogP contribution is 2.32. The molecular weight excluding hydrogens is 367 g/mol. The Bertz CT molecular complexity index is 895. The van der Waals surface area contributed by atoms with Crippen LogP contribution < -0.4 is 14.8 Å². The number of amidine groups is 1. The van der Waals surface area contributed by atoms with E-state index >= 15 is 0 Å². The number of rotatable bonds is 6. The van der Waals surface area contributed by atoms with Crippen molar-refractivity contribution in [3.05, 3.63) is 58.8 Å². The van der Waals surface area contributed by atoms with Gasteiger partial charge in [0.15, 0.2) is 16.7 Å². The summed E-state index contributed by atoms with van der Waals surface area (Å²) in [7, 11) is 0. The molecule has 0 aliphatic carbocycles. The minimum Gasteiger partial charge on any atom is -0.490 e. The first-order valence-electron chi connectivity index (χ1n) is 8.54. The van der Waals surface area contributed by atoms with E-state index < -0.39 is 0 Å². The number of carbonyl (C=O) groups excluding carboxylic acids is 1. The van der Waals surface area contributed by atoms with E-state index in [1.165, 1.54) is 23.9 Å². The van der Waals surface area contributed by atoms with Gasteiger partial charge in [0, 0.05) is 0 Å². The number of thioether (sulfide) groups is 1. The van der Waals surface area contributed by atoms with Crippen molar-refractivity contribution in [1.29, 1.82) is 0 Å². The maximum absolute atomic E-state index is 13.0. The number of nitrogens with zero attached hydrogens (tertiary/aromatic N) is 1. The third kappa shape index (κ3) is 4.89. The summed E-state index contributed by atoms with van der Waals surface area (Å²) in [5, 5.41) is 3.17. The molecule has 0 radical (unpaired) electrons. The van der Waals surface area contributed by atoms with Crippen LogP contribution in [-0.4, -0.2) is 24.3 Å². The number of hydrogen-bond acceptors (Lipinski definition) is 5. The second-order valence-corrected chi connectivity index (χ2v) is 6.56. The second kappa shape index (κ2) is 8.73. The van der Waals surface area contributed by atoms with Crippen LogP contribution in [0.15, 0.2) is 52.4 Å². The number of aliphatic imine (C=N–C) groups is 1. The first-order chi connectivity index (χ1) is 13.1. The van der Waals surface area contributed by atoms with Gasteiger partial charge in [-0.3, -0.25) is 4.79 Å². The van der Waals surface area contributed by atoms with Crippen molar-refractivity contribution in [1.82, 2.24) is 5.32 Å². The van der Waals surface area contributed by atoms with Crippen LogP contribution in [0.25, 0.3) is 6.08 Å². The van der Waals surface area contributed by atoms with Gasteiger partial charge < -0.3 is 14.8 Å². The highest BCUT2D eigenvalue weighted by atomic mass is 32.2. The molecular formula is C20H19FN2O3S. The molecule has 0 saturated carbocycles. The Balaban J connectivity index is 1.81. The molecule has 0 bridgehead atoms. The summed E-state index contributed by atoms with van der Waals surface area (Å²) in [5.74, 6) is 0.747. The molecule has 1 fully saturated rings. The fourth-order valence-corrected chi connectivity index (χ4v) is 3.26. The van der Waals surface area contributed by atoms with Gasteiger partial charge in [-0.1, -0.05) is 6.07 Å². The molecule has 7 heteroatoms. The maximum atomic E-state index is 13.0. The number of carbonyl (C=O) groups is 1. The predicted molar refractivity (Wildman–Crippen MR) is 106 cm³/mol. The molecule has 1 N–H and O–H groups in total. The Morgan fingerprint density at radius 1 is 1.07 bits per heavy atom. The third-order valence-electron chi connectivity index (χ3n) is 3.57. The Kier molecular flexibility index (Phi) is 6.13. The Labute approximate surface area is 161 Å². The minimum absolute atomic E-state index is 0.229. The molecule has 2 aromatic carbocycles. The summed E-state index contributed by atoms with van der Waals surface area (Å²) in [6, 6.07) is 11.3. The normalized spacial score (nSPS) is 16.6. The van der Waals surface area contributed by atoms with E-state index in [9.17, 15) is 9.18 Å². The molecule has 1 aliphatic heterocycles. The van der Waals surface area contributed by atoms with Crippen LogP contribution in [-0.2, 0) is 4.79 Å². The number of halogens is 1. The van der Waals surface area contributed by atoms with Gasteiger partial charge in [-0.15, -0.1) is 0 Å². The zero-order valence-corrected chi connectivity index (χ0v) is 15.8. The molecule has 1 amide bonds. The smallest absolute Gasteiger partial charge is 0.264 e. The molecule has 140 valence electrons. The van der Waals surface area contributed by atoms with E-state index in [2.05, 4.69) is 10.3 Å². The van der Waals surface area contributed by atoms with Gasteiger partial charge in [0.05, 0.1) is 23.8 Å². The van der Waals surface area contributed by atoms with Gasteiger partial charge in [0.25, 0.3) is 5.91 Å². The second-order valence-electron chi connectivity index (χ2n) is 5.53. The summed E-state index contributed by atoms with van der Waals surface area (Å²) >= 11 is 1.23. The van der Waals surface area contributed by atoms with Crippen molar-refractivity contribution in [3.8, 4) is 11.5 Å². The largest absolute Gasteiger partial charge is 0.490 e. The van der Waals surface area contributed by atoms with E-state index in [4.69, 9.17) is 9.47 Å². The van der Waals surface area contributed by atoms with Gasteiger partial charge in [-0.2, -0.15) is 0 Å². The number of hydrogen-bond donors (Lipinski definition) is 1. The van der Waals surface area contributed by atoms with Gasteiger partial charge in [0.2, 0.25) is 0 Å². The van der Waals surface area contributed by atoms with E-state index in [1.807, 2.05) is 32.0 Å². The van der Waals surface area contributed by atoms with Crippen LogP contribution in [0.5, 0.6) is 11.5 Å². The number of ether oxygens (including phenoxy) is 2. The van der Waals surface area contributed by atoms with Crippen LogP contribution in [0.4, 0.5) is 10.1 Å². The molecule has 2 aromatic rings. The Morgan fingerprint density at radius 3 is 2.48 bits per heavy atom. The zero-order valence-electron chi connectivity index (χ0n) is 15.0. The molecule has 1 heterocycles. The molecule has 0 atom stereocenters. The van der Waals surface area contributed by atoms with Crippen LogP contribution in [0, 0.1) is 5.82 Å². The van der Waals surface area contributed by atoms with Gasteiger partial charge in [-0.25, -0.2) is 9.38 Å². The molecule has 3 rings (SSSR count). The van der Waals surface area contributed by atoms with E-state index in [0.717, 1.165) is 5.56 Å². The van der Waals surface area contributed by atoms with Gasteiger partial charge in [-0.05, 0) is 73.6 Å². The highest BCUT2D eigenvalue weighted by Gasteiger charge is 2.24. The molecule has 0 unspecified atom stereocenters. The summed E-state index contributed by atoms with van der Waals surface area (Å²) in [5.41, 5.74) is 1.39. The SMILES string of the molecule is CCOc1ccc(/C=C2/SC(=Nc3ccc(F)cc3)NC2=O)cc1OCC.